The topological polar surface area (TPSA) is 64.7 Å². The summed E-state index contributed by atoms with van der Waals surface area (Å²) in [5, 5.41) is 3.92. The molecule has 0 amide bonds. The van der Waals surface area contributed by atoms with Crippen molar-refractivity contribution in [2.75, 3.05) is 11.9 Å². The van der Waals surface area contributed by atoms with Gasteiger partial charge in [0.05, 0.1) is 6.20 Å². The van der Waals surface area contributed by atoms with Gasteiger partial charge >= 0.3 is 12.4 Å². The Bertz CT molecular complexity index is 1390. The summed E-state index contributed by atoms with van der Waals surface area (Å²) in [6, 6.07) is 2.52. The van der Waals surface area contributed by atoms with E-state index in [4.69, 9.17) is 11.6 Å². The molecule has 0 aliphatic carbocycles. The first-order valence-corrected chi connectivity index (χ1v) is 11.0. The van der Waals surface area contributed by atoms with Crippen LogP contribution in [-0.4, -0.2) is 42.5 Å². The maximum atomic E-state index is 14.3. The minimum absolute atomic E-state index is 0.00133. The van der Waals surface area contributed by atoms with Crippen LogP contribution in [0.5, 0.6) is 0 Å². The average molecular weight is 532 g/mol. The summed E-state index contributed by atoms with van der Waals surface area (Å²) in [5.74, 6) is -0.124. The van der Waals surface area contributed by atoms with Crippen molar-refractivity contribution in [1.82, 2.24) is 29.3 Å². The number of aryl methyl sites for hydroxylation is 1. The number of halogens is 7. The summed E-state index contributed by atoms with van der Waals surface area (Å²) in [5.41, 5.74) is -0.594. The highest BCUT2D eigenvalue weighted by Gasteiger charge is 2.45. The summed E-state index contributed by atoms with van der Waals surface area (Å²) < 4.78 is 85.2. The standard InChI is InChI=1S/C22H20ClF6N7/c1-11(2)36-10-15(21(24,25)26)31-18(36)13-7-5-12(6-8-13)17(22(27,28)29)35(4)19-16-14(9-34(3)33-16)30-20(23)32-19/h5-11,17H,1-4H3/t17-/m0/s1. The summed E-state index contributed by atoms with van der Waals surface area (Å²) in [6.07, 6.45) is -7.01. The fraction of sp³-hybridized carbons (Fsp3) is 0.364. The van der Waals surface area contributed by atoms with Crippen LogP contribution in [0.3, 0.4) is 0 Å². The highest BCUT2D eigenvalue weighted by atomic mass is 35.5. The number of benzene rings is 1. The van der Waals surface area contributed by atoms with Crippen LogP contribution in [0.4, 0.5) is 32.2 Å². The van der Waals surface area contributed by atoms with Gasteiger partial charge in [-0.1, -0.05) is 24.3 Å². The molecule has 0 saturated heterocycles. The lowest BCUT2D eigenvalue weighted by atomic mass is 10.0. The third kappa shape index (κ3) is 4.84. The van der Waals surface area contributed by atoms with Crippen molar-refractivity contribution < 1.29 is 26.3 Å². The number of hydrogen-bond donors (Lipinski definition) is 0. The number of imidazole rings is 1. The molecule has 0 N–H and O–H groups in total. The fourth-order valence-corrected chi connectivity index (χ4v) is 4.11. The lowest BCUT2D eigenvalue weighted by Crippen LogP contribution is -2.36. The highest BCUT2D eigenvalue weighted by Crippen LogP contribution is 2.41. The molecule has 0 aliphatic rings. The van der Waals surface area contributed by atoms with E-state index < -0.39 is 24.1 Å². The van der Waals surface area contributed by atoms with E-state index in [9.17, 15) is 26.3 Å². The van der Waals surface area contributed by atoms with Gasteiger partial charge < -0.3 is 9.47 Å². The summed E-state index contributed by atoms with van der Waals surface area (Å²) in [4.78, 5) is 12.6. The molecule has 0 unspecified atom stereocenters. The molecule has 36 heavy (non-hydrogen) atoms. The van der Waals surface area contributed by atoms with Crippen LogP contribution in [-0.2, 0) is 13.2 Å². The maximum Gasteiger partial charge on any atom is 0.434 e. The maximum absolute atomic E-state index is 14.3. The van der Waals surface area contributed by atoms with Gasteiger partial charge in [0.25, 0.3) is 0 Å². The molecule has 7 nitrogen and oxygen atoms in total. The minimum atomic E-state index is -4.74. The molecule has 4 rings (SSSR count). The summed E-state index contributed by atoms with van der Waals surface area (Å²) >= 11 is 5.95. The van der Waals surface area contributed by atoms with Crippen molar-refractivity contribution in [3.63, 3.8) is 0 Å². The van der Waals surface area contributed by atoms with Crippen LogP contribution < -0.4 is 4.90 Å². The number of anilines is 1. The number of nitrogens with zero attached hydrogens (tertiary/aromatic N) is 7. The fourth-order valence-electron chi connectivity index (χ4n) is 3.93. The van der Waals surface area contributed by atoms with E-state index in [1.165, 1.54) is 46.8 Å². The lowest BCUT2D eigenvalue weighted by Gasteiger charge is -2.31. The van der Waals surface area contributed by atoms with E-state index in [1.807, 2.05) is 0 Å². The van der Waals surface area contributed by atoms with E-state index in [-0.39, 0.29) is 45.1 Å². The Kier molecular flexibility index (Phi) is 6.40. The molecule has 0 radical (unpaired) electrons. The first kappa shape index (κ1) is 25.7. The van der Waals surface area contributed by atoms with Crippen LogP contribution in [0.25, 0.3) is 22.4 Å². The highest BCUT2D eigenvalue weighted by molar-refractivity contribution is 6.28. The molecular formula is C22H20ClF6N7. The molecular weight excluding hydrogens is 512 g/mol. The average Bonchev–Trinajstić information content (AvgIpc) is 3.36. The first-order valence-electron chi connectivity index (χ1n) is 10.6. The van der Waals surface area contributed by atoms with Crippen molar-refractivity contribution in [1.29, 1.82) is 0 Å². The number of rotatable bonds is 5. The lowest BCUT2D eigenvalue weighted by molar-refractivity contribution is -0.149. The minimum Gasteiger partial charge on any atom is -0.342 e. The van der Waals surface area contributed by atoms with Gasteiger partial charge in [0.1, 0.15) is 11.3 Å². The summed E-state index contributed by atoms with van der Waals surface area (Å²) in [6.45, 7) is 3.36. The number of hydrogen-bond acceptors (Lipinski definition) is 5. The second kappa shape index (κ2) is 8.95. The predicted molar refractivity (Wildman–Crippen MR) is 122 cm³/mol. The Morgan fingerprint density at radius 1 is 0.944 bits per heavy atom. The number of aromatic nitrogens is 6. The first-order chi connectivity index (χ1) is 16.7. The molecule has 3 heterocycles. The van der Waals surface area contributed by atoms with Crippen LogP contribution in [0, 0.1) is 0 Å². The smallest absolute Gasteiger partial charge is 0.342 e. The van der Waals surface area contributed by atoms with Crippen LogP contribution >= 0.6 is 11.6 Å². The molecule has 0 aliphatic heterocycles. The molecule has 0 saturated carbocycles. The van der Waals surface area contributed by atoms with E-state index in [0.29, 0.717) is 0 Å². The second-order valence-electron chi connectivity index (χ2n) is 8.48. The quantitative estimate of drug-likeness (QED) is 0.226. The molecule has 0 fully saturated rings. The van der Waals surface area contributed by atoms with Gasteiger partial charge in [0, 0.05) is 31.9 Å². The zero-order valence-electron chi connectivity index (χ0n) is 19.4. The van der Waals surface area contributed by atoms with Crippen molar-refractivity contribution in [3.05, 3.63) is 53.2 Å². The predicted octanol–water partition coefficient (Wildman–Crippen LogP) is 6.22. The second-order valence-corrected chi connectivity index (χ2v) is 8.82. The van der Waals surface area contributed by atoms with Crippen LogP contribution in [0.2, 0.25) is 5.28 Å². The molecule has 4 aromatic rings. The van der Waals surface area contributed by atoms with Crippen molar-refractivity contribution in [2.24, 2.45) is 7.05 Å². The van der Waals surface area contributed by atoms with Gasteiger partial charge in [-0.2, -0.15) is 36.4 Å². The molecule has 1 atom stereocenters. The van der Waals surface area contributed by atoms with Gasteiger partial charge in [-0.15, -0.1) is 0 Å². The van der Waals surface area contributed by atoms with E-state index in [0.717, 1.165) is 11.1 Å². The SMILES string of the molecule is CC(C)n1cc(C(F)(F)F)nc1-c1ccc([C@H](N(C)c2nc(Cl)nc3cn(C)nc23)C(F)(F)F)cc1. The van der Waals surface area contributed by atoms with Crippen molar-refractivity contribution in [3.8, 4) is 11.4 Å². The Morgan fingerprint density at radius 3 is 2.14 bits per heavy atom. The Labute approximate surface area is 206 Å². The third-order valence-electron chi connectivity index (χ3n) is 5.53. The normalized spacial score (nSPS) is 13.6. The third-order valence-corrected chi connectivity index (χ3v) is 5.70. The van der Waals surface area contributed by atoms with Crippen LogP contribution in [0.1, 0.15) is 37.2 Å². The number of fused-ring (bicyclic) bond motifs is 1. The van der Waals surface area contributed by atoms with Crippen molar-refractivity contribution in [2.45, 2.75) is 38.3 Å². The molecule has 192 valence electrons. The molecule has 3 aromatic heterocycles. The monoisotopic (exact) mass is 531 g/mol. The Hall–Kier alpha value is -3.35. The summed E-state index contributed by atoms with van der Waals surface area (Å²) in [7, 11) is 2.80. The zero-order chi connectivity index (χ0) is 26.6. The Balaban J connectivity index is 1.77. The largest absolute Gasteiger partial charge is 0.434 e. The van der Waals surface area contributed by atoms with E-state index in [2.05, 4.69) is 20.1 Å². The van der Waals surface area contributed by atoms with Crippen LogP contribution in [0.15, 0.2) is 36.7 Å². The van der Waals surface area contributed by atoms with Gasteiger partial charge in [0.15, 0.2) is 23.1 Å². The molecule has 1 aromatic carbocycles. The van der Waals surface area contributed by atoms with E-state index >= 15 is 0 Å². The number of alkyl halides is 6. The Morgan fingerprint density at radius 2 is 1.58 bits per heavy atom. The van der Waals surface area contributed by atoms with Gasteiger partial charge in [-0.3, -0.25) is 4.68 Å². The molecule has 14 heteroatoms. The van der Waals surface area contributed by atoms with Crippen molar-refractivity contribution >= 4 is 28.5 Å². The molecule has 0 bridgehead atoms. The molecule has 0 spiro atoms. The van der Waals surface area contributed by atoms with Gasteiger partial charge in [0.2, 0.25) is 5.28 Å². The van der Waals surface area contributed by atoms with Gasteiger partial charge in [-0.05, 0) is 31.0 Å². The van der Waals surface area contributed by atoms with Gasteiger partial charge in [-0.25, -0.2) is 9.97 Å². The van der Waals surface area contributed by atoms with E-state index in [1.54, 1.807) is 20.9 Å². The zero-order valence-corrected chi connectivity index (χ0v) is 20.2.